The summed E-state index contributed by atoms with van der Waals surface area (Å²) >= 11 is 0. The van der Waals surface area contributed by atoms with Crippen LogP contribution in [-0.4, -0.2) is 0 Å². The van der Waals surface area contributed by atoms with Crippen molar-refractivity contribution in [1.82, 2.24) is 0 Å². The third-order valence-electron chi connectivity index (χ3n) is 3.34. The molecule has 0 amide bonds. The van der Waals surface area contributed by atoms with Gasteiger partial charge in [-0.15, -0.1) is 0 Å². The van der Waals surface area contributed by atoms with Gasteiger partial charge in [-0.3, -0.25) is 0 Å². The first-order valence-corrected chi connectivity index (χ1v) is 5.42. The van der Waals surface area contributed by atoms with Crippen LogP contribution < -0.4 is 0 Å². The summed E-state index contributed by atoms with van der Waals surface area (Å²) in [6, 6.07) is 0. The minimum atomic E-state index is 0.702. The molecule has 1 rings (SSSR count). The Morgan fingerprint density at radius 2 is 1.38 bits per heavy atom. The van der Waals surface area contributed by atoms with Crippen LogP contribution in [0.5, 0.6) is 0 Å². The van der Waals surface area contributed by atoms with Crippen molar-refractivity contribution < 1.29 is 0 Å². The summed E-state index contributed by atoms with van der Waals surface area (Å²) in [6.07, 6.45) is 1.26. The molecule has 13 heavy (non-hydrogen) atoms. The van der Waals surface area contributed by atoms with Gasteiger partial charge in [0.2, 0.25) is 0 Å². The van der Waals surface area contributed by atoms with Gasteiger partial charge in [0.05, 0.1) is 0 Å². The molecular weight excluding hydrogens is 156 g/mol. The lowest BCUT2D eigenvalue weighted by Gasteiger charge is -2.34. The largest absolute Gasteiger partial charge is 0.0648 e. The Balaban J connectivity index is 2.93. The molecule has 0 heteroatoms. The minimum absolute atomic E-state index is 0.702. The number of hydrogen-bond donors (Lipinski definition) is 0. The summed E-state index contributed by atoms with van der Waals surface area (Å²) in [5, 5.41) is 0. The monoisotopic (exact) mass is 178 g/mol. The Bertz CT molecular complexity index is 264. The van der Waals surface area contributed by atoms with Gasteiger partial charge < -0.3 is 0 Å². The van der Waals surface area contributed by atoms with E-state index >= 15 is 0 Å². The SMILES string of the molecule is CCC(C)C1=C(C(C)C)C(C)=C1C. The molecular formula is C13H22. The topological polar surface area (TPSA) is 0 Å². The summed E-state index contributed by atoms with van der Waals surface area (Å²) in [4.78, 5) is 0. The molecule has 1 aliphatic carbocycles. The molecule has 0 saturated carbocycles. The van der Waals surface area contributed by atoms with E-state index in [0.717, 1.165) is 5.92 Å². The second-order valence-corrected chi connectivity index (χ2v) is 4.54. The predicted molar refractivity (Wildman–Crippen MR) is 59.7 cm³/mol. The molecule has 0 fully saturated rings. The Kier molecular flexibility index (Phi) is 3.00. The van der Waals surface area contributed by atoms with Crippen molar-refractivity contribution in [2.75, 3.05) is 0 Å². The fraction of sp³-hybridized carbons (Fsp3) is 0.692. The van der Waals surface area contributed by atoms with Crippen molar-refractivity contribution in [3.63, 3.8) is 0 Å². The summed E-state index contributed by atoms with van der Waals surface area (Å²) in [5.74, 6) is 1.45. The van der Waals surface area contributed by atoms with Crippen molar-refractivity contribution in [1.29, 1.82) is 0 Å². The van der Waals surface area contributed by atoms with Crippen LogP contribution in [0.15, 0.2) is 22.3 Å². The molecule has 1 atom stereocenters. The van der Waals surface area contributed by atoms with Crippen molar-refractivity contribution in [2.45, 2.75) is 48.0 Å². The molecule has 0 bridgehead atoms. The van der Waals surface area contributed by atoms with Crippen LogP contribution in [0.1, 0.15) is 48.0 Å². The van der Waals surface area contributed by atoms with Crippen molar-refractivity contribution in [3.05, 3.63) is 22.3 Å². The third-order valence-corrected chi connectivity index (χ3v) is 3.34. The van der Waals surface area contributed by atoms with E-state index < -0.39 is 0 Å². The quantitative estimate of drug-likeness (QED) is 0.603. The molecule has 0 aromatic rings. The molecule has 0 spiro atoms. The second-order valence-electron chi connectivity index (χ2n) is 4.54. The molecule has 1 unspecified atom stereocenters. The molecule has 0 heterocycles. The normalized spacial score (nSPS) is 19.6. The first-order valence-electron chi connectivity index (χ1n) is 5.42. The predicted octanol–water partition coefficient (Wildman–Crippen LogP) is 4.34. The maximum absolute atomic E-state index is 2.34. The molecule has 1 aliphatic rings. The van der Waals surface area contributed by atoms with Crippen LogP contribution in [0.4, 0.5) is 0 Å². The van der Waals surface area contributed by atoms with Gasteiger partial charge in [0.1, 0.15) is 0 Å². The molecule has 0 radical (unpaired) electrons. The fourth-order valence-corrected chi connectivity index (χ4v) is 2.33. The highest BCUT2D eigenvalue weighted by Crippen LogP contribution is 2.43. The first-order chi connectivity index (χ1) is 6.00. The molecule has 0 nitrogen and oxygen atoms in total. The zero-order valence-corrected chi connectivity index (χ0v) is 9.86. The van der Waals surface area contributed by atoms with Gasteiger partial charge in [0, 0.05) is 0 Å². The maximum atomic E-state index is 2.34. The van der Waals surface area contributed by atoms with Gasteiger partial charge in [0.15, 0.2) is 0 Å². The van der Waals surface area contributed by atoms with E-state index in [9.17, 15) is 0 Å². The van der Waals surface area contributed by atoms with Crippen molar-refractivity contribution in [3.8, 4) is 0 Å². The second kappa shape index (κ2) is 3.69. The van der Waals surface area contributed by atoms with E-state index in [1.807, 2.05) is 0 Å². The lowest BCUT2D eigenvalue weighted by Crippen LogP contribution is -2.18. The van der Waals surface area contributed by atoms with E-state index in [2.05, 4.69) is 41.5 Å². The van der Waals surface area contributed by atoms with Crippen molar-refractivity contribution in [2.24, 2.45) is 11.8 Å². The van der Waals surface area contributed by atoms with Gasteiger partial charge in [-0.05, 0) is 54.4 Å². The first kappa shape index (κ1) is 10.6. The van der Waals surface area contributed by atoms with E-state index in [4.69, 9.17) is 0 Å². The highest BCUT2D eigenvalue weighted by molar-refractivity contribution is 5.59. The lowest BCUT2D eigenvalue weighted by molar-refractivity contribution is 0.614. The Morgan fingerprint density at radius 3 is 1.77 bits per heavy atom. The summed E-state index contributed by atoms with van der Waals surface area (Å²) < 4.78 is 0. The van der Waals surface area contributed by atoms with E-state index in [1.54, 1.807) is 22.3 Å². The number of hydrogen-bond acceptors (Lipinski definition) is 0. The molecule has 0 aromatic carbocycles. The van der Waals surface area contributed by atoms with Gasteiger partial charge in [0.25, 0.3) is 0 Å². The van der Waals surface area contributed by atoms with Gasteiger partial charge in [-0.25, -0.2) is 0 Å². The summed E-state index contributed by atoms with van der Waals surface area (Å²) in [7, 11) is 0. The molecule has 0 aliphatic heterocycles. The smallest absolute Gasteiger partial charge is 0.0187 e. The van der Waals surface area contributed by atoms with E-state index in [0.29, 0.717) is 5.92 Å². The van der Waals surface area contributed by atoms with Crippen LogP contribution >= 0.6 is 0 Å². The highest BCUT2D eigenvalue weighted by atomic mass is 14.3. The number of rotatable bonds is 3. The molecule has 74 valence electrons. The van der Waals surface area contributed by atoms with Gasteiger partial charge >= 0.3 is 0 Å². The summed E-state index contributed by atoms with van der Waals surface area (Å²) in [6.45, 7) is 13.7. The molecule has 0 N–H and O–H groups in total. The van der Waals surface area contributed by atoms with Crippen LogP contribution in [0.3, 0.4) is 0 Å². The van der Waals surface area contributed by atoms with Crippen LogP contribution in [0, 0.1) is 11.8 Å². The van der Waals surface area contributed by atoms with Crippen molar-refractivity contribution >= 4 is 0 Å². The van der Waals surface area contributed by atoms with Crippen LogP contribution in [0.25, 0.3) is 0 Å². The van der Waals surface area contributed by atoms with Gasteiger partial charge in [-0.2, -0.15) is 0 Å². The third kappa shape index (κ3) is 1.59. The fourth-order valence-electron chi connectivity index (χ4n) is 2.33. The zero-order valence-electron chi connectivity index (χ0n) is 9.86. The highest BCUT2D eigenvalue weighted by Gasteiger charge is 2.27. The maximum Gasteiger partial charge on any atom is -0.0187 e. The number of allylic oxidation sites excluding steroid dienone is 4. The van der Waals surface area contributed by atoms with Gasteiger partial charge in [-0.1, -0.05) is 27.7 Å². The lowest BCUT2D eigenvalue weighted by atomic mass is 9.71. The Morgan fingerprint density at radius 1 is 0.923 bits per heavy atom. The molecule has 0 saturated heterocycles. The zero-order chi connectivity index (χ0) is 10.2. The molecule has 0 aromatic heterocycles. The van der Waals surface area contributed by atoms with E-state index in [-0.39, 0.29) is 0 Å². The Labute approximate surface area is 82.7 Å². The average Bonchev–Trinajstić information content (AvgIpc) is 2.10. The summed E-state index contributed by atoms with van der Waals surface area (Å²) in [5.41, 5.74) is 6.38. The Hall–Kier alpha value is -0.520. The van der Waals surface area contributed by atoms with Crippen LogP contribution in [0.2, 0.25) is 0 Å². The standard InChI is InChI=1S/C13H22/c1-7-9(4)13-11(6)10(5)12(13)8(2)3/h8-9H,7H2,1-6H3. The average molecular weight is 178 g/mol. The van der Waals surface area contributed by atoms with Crippen LogP contribution in [-0.2, 0) is 0 Å². The van der Waals surface area contributed by atoms with E-state index in [1.165, 1.54) is 6.42 Å². The minimum Gasteiger partial charge on any atom is -0.0648 e.